The summed E-state index contributed by atoms with van der Waals surface area (Å²) in [6, 6.07) is 0.722. The van der Waals surface area contributed by atoms with E-state index in [1.807, 2.05) is 4.90 Å². The van der Waals surface area contributed by atoms with Gasteiger partial charge in [0.05, 0.1) is 5.92 Å². The summed E-state index contributed by atoms with van der Waals surface area (Å²) < 4.78 is 38.7. The number of primary amides is 1. The van der Waals surface area contributed by atoms with Crippen LogP contribution in [0.25, 0.3) is 0 Å². The molecular weight excluding hydrogens is 327 g/mol. The van der Waals surface area contributed by atoms with E-state index in [9.17, 15) is 22.8 Å². The zero-order valence-electron chi connectivity index (χ0n) is 13.3. The first-order valence-electron chi connectivity index (χ1n) is 7.59. The van der Waals surface area contributed by atoms with Gasteiger partial charge in [0, 0.05) is 32.7 Å². The standard InChI is InChI=1S/C14H20F3N5O2/c1-21-10(7-11(20-21)14(15,16)17)13(24)19-4-6-22-5-2-3-9(8-22)12(18)23/h7,9H,2-6,8H2,1H3,(H2,18,23)(H,19,24). The Hall–Kier alpha value is -2.10. The highest BCUT2D eigenvalue weighted by molar-refractivity contribution is 5.92. The number of likely N-dealkylation sites (tertiary alicyclic amines) is 1. The van der Waals surface area contributed by atoms with Gasteiger partial charge < -0.3 is 16.0 Å². The number of carbonyl (C=O) groups is 2. The normalized spacial score (nSPS) is 19.2. The summed E-state index contributed by atoms with van der Waals surface area (Å²) in [5, 5.41) is 5.87. The minimum Gasteiger partial charge on any atom is -0.369 e. The molecule has 2 heterocycles. The highest BCUT2D eigenvalue weighted by Crippen LogP contribution is 2.28. The first kappa shape index (κ1) is 18.2. The van der Waals surface area contributed by atoms with E-state index in [1.54, 1.807) is 0 Å². The fraction of sp³-hybridized carbons (Fsp3) is 0.643. The topological polar surface area (TPSA) is 93.2 Å². The quantitative estimate of drug-likeness (QED) is 0.805. The van der Waals surface area contributed by atoms with Crippen LogP contribution >= 0.6 is 0 Å². The van der Waals surface area contributed by atoms with Crippen LogP contribution in [0.5, 0.6) is 0 Å². The minimum absolute atomic E-state index is 0.156. The first-order valence-corrected chi connectivity index (χ1v) is 7.59. The van der Waals surface area contributed by atoms with Crippen LogP contribution in [-0.2, 0) is 18.0 Å². The van der Waals surface area contributed by atoms with Crippen LogP contribution in [0.3, 0.4) is 0 Å². The average Bonchev–Trinajstić information content (AvgIpc) is 2.89. The number of hydrogen-bond acceptors (Lipinski definition) is 4. The van der Waals surface area contributed by atoms with Crippen LogP contribution in [0, 0.1) is 5.92 Å². The van der Waals surface area contributed by atoms with Crippen molar-refractivity contribution in [3.8, 4) is 0 Å². The zero-order chi connectivity index (χ0) is 17.9. The Bertz CT molecular complexity index is 614. The molecule has 0 spiro atoms. The van der Waals surface area contributed by atoms with Crippen molar-refractivity contribution >= 4 is 11.8 Å². The smallest absolute Gasteiger partial charge is 0.369 e. The van der Waals surface area contributed by atoms with Gasteiger partial charge >= 0.3 is 6.18 Å². The molecule has 1 aliphatic heterocycles. The van der Waals surface area contributed by atoms with E-state index in [0.717, 1.165) is 30.1 Å². The summed E-state index contributed by atoms with van der Waals surface area (Å²) in [6.45, 7) is 2.09. The van der Waals surface area contributed by atoms with Gasteiger partial charge in [-0.3, -0.25) is 14.3 Å². The Morgan fingerprint density at radius 1 is 1.46 bits per heavy atom. The fourth-order valence-corrected chi connectivity index (χ4v) is 2.73. The van der Waals surface area contributed by atoms with Crippen molar-refractivity contribution in [3.63, 3.8) is 0 Å². The summed E-state index contributed by atoms with van der Waals surface area (Å²) >= 11 is 0. The van der Waals surface area contributed by atoms with E-state index < -0.39 is 17.8 Å². The summed E-state index contributed by atoms with van der Waals surface area (Å²) in [7, 11) is 1.28. The van der Waals surface area contributed by atoms with E-state index in [-0.39, 0.29) is 24.1 Å². The lowest BCUT2D eigenvalue weighted by Gasteiger charge is -2.31. The van der Waals surface area contributed by atoms with E-state index in [0.29, 0.717) is 13.1 Å². The molecule has 2 amide bonds. The maximum absolute atomic E-state index is 12.6. The van der Waals surface area contributed by atoms with Gasteiger partial charge in [0.15, 0.2) is 5.69 Å². The molecule has 10 heteroatoms. The molecule has 1 unspecified atom stereocenters. The number of rotatable bonds is 5. The highest BCUT2D eigenvalue weighted by Gasteiger charge is 2.35. The zero-order valence-corrected chi connectivity index (χ0v) is 13.3. The molecule has 0 aliphatic carbocycles. The lowest BCUT2D eigenvalue weighted by atomic mass is 9.97. The molecule has 0 saturated carbocycles. The largest absolute Gasteiger partial charge is 0.435 e. The molecule has 2 rings (SSSR count). The second-order valence-corrected chi connectivity index (χ2v) is 5.83. The molecule has 0 bridgehead atoms. The van der Waals surface area contributed by atoms with Crippen LogP contribution in [0.2, 0.25) is 0 Å². The van der Waals surface area contributed by atoms with Gasteiger partial charge in [-0.15, -0.1) is 0 Å². The van der Waals surface area contributed by atoms with Crippen LogP contribution in [0.1, 0.15) is 29.0 Å². The molecule has 1 aliphatic rings. The Labute approximate surface area is 137 Å². The minimum atomic E-state index is -4.59. The first-order chi connectivity index (χ1) is 11.2. The number of nitrogens with zero attached hydrogens (tertiary/aromatic N) is 3. The number of amides is 2. The van der Waals surface area contributed by atoms with Gasteiger partial charge in [-0.25, -0.2) is 0 Å². The Balaban J connectivity index is 1.85. The van der Waals surface area contributed by atoms with Crippen molar-refractivity contribution in [3.05, 3.63) is 17.5 Å². The summed E-state index contributed by atoms with van der Waals surface area (Å²) in [5.74, 6) is -1.15. The summed E-state index contributed by atoms with van der Waals surface area (Å²) in [6.07, 6.45) is -2.99. The monoisotopic (exact) mass is 347 g/mol. The third kappa shape index (κ3) is 4.47. The number of alkyl halides is 3. The molecule has 7 nitrogen and oxygen atoms in total. The number of piperidine rings is 1. The number of aromatic nitrogens is 2. The summed E-state index contributed by atoms with van der Waals surface area (Å²) in [5.41, 5.74) is 4.04. The van der Waals surface area contributed by atoms with Crippen LogP contribution in [0.15, 0.2) is 6.07 Å². The van der Waals surface area contributed by atoms with Crippen molar-refractivity contribution in [1.82, 2.24) is 20.0 Å². The molecule has 1 fully saturated rings. The second kappa shape index (κ2) is 7.20. The third-order valence-corrected chi connectivity index (χ3v) is 4.02. The molecule has 1 aromatic rings. The molecule has 0 aromatic carbocycles. The highest BCUT2D eigenvalue weighted by atomic mass is 19.4. The second-order valence-electron chi connectivity index (χ2n) is 5.83. The average molecular weight is 347 g/mol. The fourth-order valence-electron chi connectivity index (χ4n) is 2.73. The molecule has 24 heavy (non-hydrogen) atoms. The molecule has 3 N–H and O–H groups in total. The van der Waals surface area contributed by atoms with E-state index in [1.165, 1.54) is 7.05 Å². The van der Waals surface area contributed by atoms with Gasteiger partial charge in [-0.2, -0.15) is 18.3 Å². The SMILES string of the molecule is Cn1nc(C(F)(F)F)cc1C(=O)NCCN1CCCC(C(N)=O)C1. The molecule has 0 radical (unpaired) electrons. The number of aryl methyl sites for hydroxylation is 1. The molecule has 1 saturated heterocycles. The van der Waals surface area contributed by atoms with Crippen LogP contribution < -0.4 is 11.1 Å². The maximum atomic E-state index is 12.6. The molecular formula is C14H20F3N5O2. The van der Waals surface area contributed by atoms with Crippen molar-refractivity contribution in [1.29, 1.82) is 0 Å². The van der Waals surface area contributed by atoms with E-state index >= 15 is 0 Å². The number of carbonyl (C=O) groups excluding carboxylic acids is 2. The van der Waals surface area contributed by atoms with E-state index in [2.05, 4.69) is 10.4 Å². The predicted octanol–water partition coefficient (Wildman–Crippen LogP) is 0.366. The van der Waals surface area contributed by atoms with Crippen LogP contribution in [-0.4, -0.2) is 52.7 Å². The molecule has 1 atom stereocenters. The van der Waals surface area contributed by atoms with Gasteiger partial charge in [0.25, 0.3) is 5.91 Å². The lowest BCUT2D eigenvalue weighted by molar-refractivity contribution is -0.141. The predicted molar refractivity (Wildman–Crippen MR) is 78.9 cm³/mol. The van der Waals surface area contributed by atoms with Crippen molar-refractivity contribution < 1.29 is 22.8 Å². The van der Waals surface area contributed by atoms with Gasteiger partial charge in [-0.05, 0) is 19.4 Å². The summed E-state index contributed by atoms with van der Waals surface area (Å²) in [4.78, 5) is 25.2. The number of nitrogens with two attached hydrogens (primary N) is 1. The van der Waals surface area contributed by atoms with E-state index in [4.69, 9.17) is 5.73 Å². The van der Waals surface area contributed by atoms with Crippen LogP contribution in [0.4, 0.5) is 13.2 Å². The Morgan fingerprint density at radius 2 is 2.17 bits per heavy atom. The van der Waals surface area contributed by atoms with Crippen molar-refractivity contribution in [2.24, 2.45) is 18.7 Å². The maximum Gasteiger partial charge on any atom is 0.435 e. The van der Waals surface area contributed by atoms with Crippen molar-refractivity contribution in [2.45, 2.75) is 19.0 Å². The number of hydrogen-bond donors (Lipinski definition) is 2. The molecule has 1 aromatic heterocycles. The number of halogens is 3. The Morgan fingerprint density at radius 3 is 2.75 bits per heavy atom. The lowest BCUT2D eigenvalue weighted by Crippen LogP contribution is -2.44. The van der Waals surface area contributed by atoms with Gasteiger partial charge in [0.1, 0.15) is 5.69 Å². The molecule has 134 valence electrons. The van der Waals surface area contributed by atoms with Gasteiger partial charge in [-0.1, -0.05) is 0 Å². The van der Waals surface area contributed by atoms with Crippen molar-refractivity contribution in [2.75, 3.05) is 26.2 Å². The van der Waals surface area contributed by atoms with Gasteiger partial charge in [0.2, 0.25) is 5.91 Å². The third-order valence-electron chi connectivity index (χ3n) is 4.02. The number of nitrogens with one attached hydrogen (secondary N) is 1. The Kier molecular flexibility index (Phi) is 5.47.